The second-order valence-corrected chi connectivity index (χ2v) is 7.21. The van der Waals surface area contributed by atoms with Gasteiger partial charge in [-0.05, 0) is 81.5 Å². The van der Waals surface area contributed by atoms with E-state index in [1.165, 1.54) is 70.6 Å². The minimum atomic E-state index is 0.419. The van der Waals surface area contributed by atoms with E-state index in [1.54, 1.807) is 0 Å². The largest absolute Gasteiger partial charge is 0.396 e. The molecule has 0 aliphatic heterocycles. The SMILES string of the molecule is CCCC/C=C/[C@H]1CC[C@H](C2CCC(CO)CC2)CC1. The molecule has 0 aromatic heterocycles. The molecule has 0 radical (unpaired) electrons. The summed E-state index contributed by atoms with van der Waals surface area (Å²) in [6, 6.07) is 0. The maximum Gasteiger partial charge on any atom is 0.0459 e. The van der Waals surface area contributed by atoms with Crippen LogP contribution in [-0.2, 0) is 0 Å². The summed E-state index contributed by atoms with van der Waals surface area (Å²) >= 11 is 0. The highest BCUT2D eigenvalue weighted by Crippen LogP contribution is 2.41. The van der Waals surface area contributed by atoms with Gasteiger partial charge in [-0.2, -0.15) is 0 Å². The molecule has 2 aliphatic rings. The molecule has 0 amide bonds. The van der Waals surface area contributed by atoms with Gasteiger partial charge in [-0.1, -0.05) is 31.9 Å². The van der Waals surface area contributed by atoms with Crippen LogP contribution in [0.15, 0.2) is 12.2 Å². The molecule has 2 rings (SSSR count). The zero-order valence-corrected chi connectivity index (χ0v) is 13.4. The van der Waals surface area contributed by atoms with Crippen LogP contribution in [0.2, 0.25) is 0 Å². The second-order valence-electron chi connectivity index (χ2n) is 7.21. The molecule has 1 nitrogen and oxygen atoms in total. The van der Waals surface area contributed by atoms with Crippen molar-refractivity contribution in [1.29, 1.82) is 0 Å². The fraction of sp³-hybridized carbons (Fsp3) is 0.895. The van der Waals surface area contributed by atoms with Crippen LogP contribution in [0.25, 0.3) is 0 Å². The molecule has 0 atom stereocenters. The van der Waals surface area contributed by atoms with Crippen molar-refractivity contribution in [1.82, 2.24) is 0 Å². The fourth-order valence-corrected chi connectivity index (χ4v) is 4.26. The standard InChI is InChI=1S/C19H34O/c1-2-3-4-5-6-16-7-11-18(12-8-16)19-13-9-17(15-20)10-14-19/h5-6,16-20H,2-4,7-15H2,1H3/b6-5+/t16-,17?,18-,19?. The Bertz CT molecular complexity index is 267. The number of hydrogen-bond donors (Lipinski definition) is 1. The van der Waals surface area contributed by atoms with Gasteiger partial charge in [-0.15, -0.1) is 0 Å². The van der Waals surface area contributed by atoms with Gasteiger partial charge >= 0.3 is 0 Å². The number of hydrogen-bond acceptors (Lipinski definition) is 1. The number of allylic oxidation sites excluding steroid dienone is 2. The molecule has 0 aromatic rings. The zero-order valence-electron chi connectivity index (χ0n) is 13.4. The third kappa shape index (κ3) is 4.91. The van der Waals surface area contributed by atoms with Crippen molar-refractivity contribution >= 4 is 0 Å². The van der Waals surface area contributed by atoms with Crippen LogP contribution in [0.1, 0.15) is 77.6 Å². The number of rotatable bonds is 6. The molecule has 0 heterocycles. The van der Waals surface area contributed by atoms with E-state index in [9.17, 15) is 5.11 Å². The normalized spacial score (nSPS) is 35.5. The Labute approximate surface area is 125 Å². The van der Waals surface area contributed by atoms with Gasteiger partial charge in [0.25, 0.3) is 0 Å². The predicted octanol–water partition coefficient (Wildman–Crippen LogP) is 5.34. The topological polar surface area (TPSA) is 20.2 Å². The molecule has 2 saturated carbocycles. The van der Waals surface area contributed by atoms with Crippen LogP contribution in [0.4, 0.5) is 0 Å². The van der Waals surface area contributed by atoms with Crippen LogP contribution >= 0.6 is 0 Å². The van der Waals surface area contributed by atoms with Crippen molar-refractivity contribution in [2.24, 2.45) is 23.7 Å². The first-order valence-corrected chi connectivity index (χ1v) is 9.11. The Morgan fingerprint density at radius 3 is 2.05 bits per heavy atom. The lowest BCUT2D eigenvalue weighted by Crippen LogP contribution is -2.26. The first kappa shape index (κ1) is 16.1. The van der Waals surface area contributed by atoms with Gasteiger partial charge in [-0.25, -0.2) is 0 Å². The van der Waals surface area contributed by atoms with Crippen molar-refractivity contribution in [3.63, 3.8) is 0 Å². The van der Waals surface area contributed by atoms with Gasteiger partial charge in [-0.3, -0.25) is 0 Å². The molecule has 0 bridgehead atoms. The van der Waals surface area contributed by atoms with Crippen molar-refractivity contribution in [2.75, 3.05) is 6.61 Å². The monoisotopic (exact) mass is 278 g/mol. The van der Waals surface area contributed by atoms with Gasteiger partial charge in [0.1, 0.15) is 0 Å². The molecule has 0 unspecified atom stereocenters. The van der Waals surface area contributed by atoms with Gasteiger partial charge in [0.05, 0.1) is 0 Å². The molecular formula is C19H34O. The number of aliphatic hydroxyl groups excluding tert-OH is 1. The third-order valence-corrected chi connectivity index (χ3v) is 5.77. The predicted molar refractivity (Wildman–Crippen MR) is 86.6 cm³/mol. The van der Waals surface area contributed by atoms with Crippen LogP contribution in [0, 0.1) is 23.7 Å². The van der Waals surface area contributed by atoms with Crippen LogP contribution in [-0.4, -0.2) is 11.7 Å². The van der Waals surface area contributed by atoms with E-state index in [2.05, 4.69) is 19.1 Å². The maximum absolute atomic E-state index is 9.24. The molecular weight excluding hydrogens is 244 g/mol. The smallest absolute Gasteiger partial charge is 0.0459 e. The summed E-state index contributed by atoms with van der Waals surface area (Å²) in [6.07, 6.45) is 20.0. The van der Waals surface area contributed by atoms with E-state index in [1.807, 2.05) is 0 Å². The van der Waals surface area contributed by atoms with E-state index in [0.29, 0.717) is 12.5 Å². The van der Waals surface area contributed by atoms with E-state index in [0.717, 1.165) is 17.8 Å². The molecule has 2 aliphatic carbocycles. The lowest BCUT2D eigenvalue weighted by molar-refractivity contribution is 0.122. The molecule has 116 valence electrons. The van der Waals surface area contributed by atoms with Crippen LogP contribution in [0.5, 0.6) is 0 Å². The van der Waals surface area contributed by atoms with Gasteiger partial charge < -0.3 is 5.11 Å². The van der Waals surface area contributed by atoms with Crippen LogP contribution in [0.3, 0.4) is 0 Å². The number of unbranched alkanes of at least 4 members (excludes halogenated alkanes) is 2. The summed E-state index contributed by atoms with van der Waals surface area (Å²) in [5.74, 6) is 3.46. The average molecular weight is 278 g/mol. The minimum Gasteiger partial charge on any atom is -0.396 e. The molecule has 1 N–H and O–H groups in total. The summed E-state index contributed by atoms with van der Waals surface area (Å²) in [7, 11) is 0. The first-order chi connectivity index (χ1) is 9.83. The van der Waals surface area contributed by atoms with E-state index < -0.39 is 0 Å². The van der Waals surface area contributed by atoms with Gasteiger partial charge in [0.2, 0.25) is 0 Å². The average Bonchev–Trinajstić information content (AvgIpc) is 2.52. The van der Waals surface area contributed by atoms with E-state index in [4.69, 9.17) is 0 Å². The summed E-state index contributed by atoms with van der Waals surface area (Å²) in [4.78, 5) is 0. The zero-order chi connectivity index (χ0) is 14.2. The Morgan fingerprint density at radius 1 is 0.900 bits per heavy atom. The molecule has 1 heteroatoms. The van der Waals surface area contributed by atoms with Crippen molar-refractivity contribution in [3.05, 3.63) is 12.2 Å². The molecule has 0 spiro atoms. The van der Waals surface area contributed by atoms with Gasteiger partial charge in [0, 0.05) is 6.61 Å². The first-order valence-electron chi connectivity index (χ1n) is 9.11. The summed E-state index contributed by atoms with van der Waals surface area (Å²) in [6.45, 7) is 2.69. The van der Waals surface area contributed by atoms with Crippen molar-refractivity contribution < 1.29 is 5.11 Å². The lowest BCUT2D eigenvalue weighted by Gasteiger charge is -2.37. The Hall–Kier alpha value is -0.300. The highest BCUT2D eigenvalue weighted by atomic mass is 16.3. The molecule has 2 fully saturated rings. The molecule has 0 aromatic carbocycles. The maximum atomic E-state index is 9.24. The van der Waals surface area contributed by atoms with Crippen molar-refractivity contribution in [2.45, 2.75) is 77.6 Å². The quantitative estimate of drug-likeness (QED) is 0.514. The Balaban J connectivity index is 1.65. The van der Waals surface area contributed by atoms with E-state index >= 15 is 0 Å². The Morgan fingerprint density at radius 2 is 1.50 bits per heavy atom. The minimum absolute atomic E-state index is 0.419. The third-order valence-electron chi connectivity index (χ3n) is 5.77. The summed E-state index contributed by atoms with van der Waals surface area (Å²) in [5.41, 5.74) is 0. The summed E-state index contributed by atoms with van der Waals surface area (Å²) in [5, 5.41) is 9.24. The molecule has 0 saturated heterocycles. The van der Waals surface area contributed by atoms with E-state index in [-0.39, 0.29) is 0 Å². The summed E-state index contributed by atoms with van der Waals surface area (Å²) < 4.78 is 0. The lowest BCUT2D eigenvalue weighted by atomic mass is 9.69. The van der Waals surface area contributed by atoms with Crippen LogP contribution < -0.4 is 0 Å². The fourth-order valence-electron chi connectivity index (χ4n) is 4.26. The highest BCUT2D eigenvalue weighted by Gasteiger charge is 2.29. The van der Waals surface area contributed by atoms with Gasteiger partial charge in [0.15, 0.2) is 0 Å². The number of aliphatic hydroxyl groups is 1. The highest BCUT2D eigenvalue weighted by molar-refractivity contribution is 4.92. The second kappa shape index (κ2) is 8.87. The Kier molecular flexibility index (Phi) is 7.13. The van der Waals surface area contributed by atoms with Crippen molar-refractivity contribution in [3.8, 4) is 0 Å². The molecule has 20 heavy (non-hydrogen) atoms.